The molecule has 1 heterocycles. The normalized spacial score (nSPS) is 19.7. The summed E-state index contributed by atoms with van der Waals surface area (Å²) in [5, 5.41) is 2.80. The third kappa shape index (κ3) is 2.33. The Bertz CT molecular complexity index is 398. The molecule has 1 saturated heterocycles. The number of nitrogens with one attached hydrogen (secondary N) is 1. The minimum Gasteiger partial charge on any atom is -0.397 e. The van der Waals surface area contributed by atoms with Crippen molar-refractivity contribution in [3.63, 3.8) is 0 Å². The Morgan fingerprint density at radius 3 is 3.06 bits per heavy atom. The van der Waals surface area contributed by atoms with E-state index >= 15 is 0 Å². The molecular weight excluding hydrogens is 204 g/mol. The van der Waals surface area contributed by atoms with E-state index in [-0.39, 0.29) is 12.0 Å². The van der Waals surface area contributed by atoms with Gasteiger partial charge in [0.25, 0.3) is 5.91 Å². The number of nitrogens with two attached hydrogens (primary N) is 1. The van der Waals surface area contributed by atoms with E-state index in [1.807, 2.05) is 19.1 Å². The summed E-state index contributed by atoms with van der Waals surface area (Å²) in [6, 6.07) is 5.57. The predicted octanol–water partition coefficient (Wildman–Crippen LogP) is 1.69. The van der Waals surface area contributed by atoms with Crippen LogP contribution < -0.4 is 11.1 Å². The van der Waals surface area contributed by atoms with Gasteiger partial charge in [0.2, 0.25) is 0 Å². The number of carbonyl (C=O) groups excluding carboxylic acids is 1. The first kappa shape index (κ1) is 11.0. The van der Waals surface area contributed by atoms with Crippen molar-refractivity contribution >= 4 is 17.3 Å². The maximum absolute atomic E-state index is 11.8. The van der Waals surface area contributed by atoms with Gasteiger partial charge >= 0.3 is 0 Å². The number of hydrogen-bond acceptors (Lipinski definition) is 3. The van der Waals surface area contributed by atoms with Gasteiger partial charge in [0.1, 0.15) is 6.10 Å². The van der Waals surface area contributed by atoms with Gasteiger partial charge in [0.15, 0.2) is 0 Å². The van der Waals surface area contributed by atoms with Crippen LogP contribution in [0.1, 0.15) is 18.4 Å². The smallest absolute Gasteiger partial charge is 0.253 e. The number of ether oxygens (including phenoxy) is 1. The van der Waals surface area contributed by atoms with Crippen molar-refractivity contribution in [3.8, 4) is 0 Å². The Morgan fingerprint density at radius 2 is 2.38 bits per heavy atom. The Balaban J connectivity index is 2.07. The SMILES string of the molecule is Cc1ccc(N)c(NC(=O)C2CCCO2)c1. The van der Waals surface area contributed by atoms with Crippen LogP contribution in [0.3, 0.4) is 0 Å². The Morgan fingerprint density at radius 1 is 1.56 bits per heavy atom. The van der Waals surface area contributed by atoms with Gasteiger partial charge in [-0.3, -0.25) is 4.79 Å². The fourth-order valence-corrected chi connectivity index (χ4v) is 1.78. The lowest BCUT2D eigenvalue weighted by molar-refractivity contribution is -0.124. The van der Waals surface area contributed by atoms with Gasteiger partial charge in [-0.2, -0.15) is 0 Å². The third-order valence-electron chi connectivity index (χ3n) is 2.69. The van der Waals surface area contributed by atoms with E-state index in [0.29, 0.717) is 18.0 Å². The Kier molecular flexibility index (Phi) is 3.10. The van der Waals surface area contributed by atoms with E-state index < -0.39 is 0 Å². The number of carbonyl (C=O) groups is 1. The van der Waals surface area contributed by atoms with Crippen LogP contribution in [0.15, 0.2) is 18.2 Å². The summed E-state index contributed by atoms with van der Waals surface area (Å²) in [6.45, 7) is 2.63. The zero-order valence-corrected chi connectivity index (χ0v) is 9.32. The number of amides is 1. The molecule has 2 rings (SSSR count). The van der Waals surface area contributed by atoms with Gasteiger partial charge in [0.05, 0.1) is 11.4 Å². The van der Waals surface area contributed by atoms with Crippen molar-refractivity contribution in [3.05, 3.63) is 23.8 Å². The summed E-state index contributed by atoms with van der Waals surface area (Å²) < 4.78 is 5.30. The van der Waals surface area contributed by atoms with Crippen molar-refractivity contribution < 1.29 is 9.53 Å². The molecule has 1 aromatic carbocycles. The van der Waals surface area contributed by atoms with E-state index in [2.05, 4.69) is 5.32 Å². The zero-order chi connectivity index (χ0) is 11.5. The average Bonchev–Trinajstić information content (AvgIpc) is 2.76. The van der Waals surface area contributed by atoms with Crippen LogP contribution in [0.2, 0.25) is 0 Å². The summed E-state index contributed by atoms with van der Waals surface area (Å²) in [7, 11) is 0. The molecule has 1 amide bonds. The number of benzene rings is 1. The molecule has 0 spiro atoms. The molecular formula is C12H16N2O2. The lowest BCUT2D eigenvalue weighted by atomic mass is 10.1. The highest BCUT2D eigenvalue weighted by molar-refractivity contribution is 5.96. The molecule has 3 N–H and O–H groups in total. The summed E-state index contributed by atoms with van der Waals surface area (Å²) >= 11 is 0. The van der Waals surface area contributed by atoms with Crippen molar-refractivity contribution in [1.82, 2.24) is 0 Å². The minimum atomic E-state index is -0.320. The second kappa shape index (κ2) is 4.53. The number of rotatable bonds is 2. The molecule has 0 aromatic heterocycles. The van der Waals surface area contributed by atoms with E-state index in [1.54, 1.807) is 6.07 Å². The number of anilines is 2. The van der Waals surface area contributed by atoms with E-state index in [9.17, 15) is 4.79 Å². The fourth-order valence-electron chi connectivity index (χ4n) is 1.78. The van der Waals surface area contributed by atoms with Gasteiger partial charge in [-0.05, 0) is 37.5 Å². The highest BCUT2D eigenvalue weighted by atomic mass is 16.5. The predicted molar refractivity (Wildman–Crippen MR) is 63.2 cm³/mol. The fraction of sp³-hybridized carbons (Fsp3) is 0.417. The van der Waals surface area contributed by atoms with Crippen LogP contribution in [0, 0.1) is 6.92 Å². The molecule has 0 radical (unpaired) electrons. The maximum Gasteiger partial charge on any atom is 0.253 e. The van der Waals surface area contributed by atoms with Gasteiger partial charge in [0, 0.05) is 6.61 Å². The Hall–Kier alpha value is -1.55. The average molecular weight is 220 g/mol. The molecule has 0 aliphatic carbocycles. The molecule has 1 atom stereocenters. The van der Waals surface area contributed by atoms with Crippen LogP contribution in [0.4, 0.5) is 11.4 Å². The van der Waals surface area contributed by atoms with E-state index in [0.717, 1.165) is 18.4 Å². The molecule has 1 unspecified atom stereocenters. The highest BCUT2D eigenvalue weighted by Crippen LogP contribution is 2.21. The van der Waals surface area contributed by atoms with Gasteiger partial charge < -0.3 is 15.8 Å². The lowest BCUT2D eigenvalue weighted by Gasteiger charge is -2.12. The molecule has 86 valence electrons. The topological polar surface area (TPSA) is 64.3 Å². The highest BCUT2D eigenvalue weighted by Gasteiger charge is 2.23. The maximum atomic E-state index is 11.8. The first-order chi connectivity index (χ1) is 7.66. The van der Waals surface area contributed by atoms with Crippen LogP contribution in [-0.2, 0) is 9.53 Å². The van der Waals surface area contributed by atoms with Crippen LogP contribution in [0.25, 0.3) is 0 Å². The second-order valence-electron chi connectivity index (χ2n) is 4.08. The van der Waals surface area contributed by atoms with E-state index in [1.165, 1.54) is 0 Å². The lowest BCUT2D eigenvalue weighted by Crippen LogP contribution is -2.27. The molecule has 0 saturated carbocycles. The molecule has 16 heavy (non-hydrogen) atoms. The molecule has 1 fully saturated rings. The molecule has 0 bridgehead atoms. The summed E-state index contributed by atoms with van der Waals surface area (Å²) in [5.74, 6) is -0.102. The van der Waals surface area contributed by atoms with Crippen LogP contribution in [-0.4, -0.2) is 18.6 Å². The van der Waals surface area contributed by atoms with Crippen molar-refractivity contribution in [2.24, 2.45) is 0 Å². The Labute approximate surface area is 94.8 Å². The standard InChI is InChI=1S/C12H16N2O2/c1-8-4-5-9(13)10(7-8)14-12(15)11-3-2-6-16-11/h4-5,7,11H,2-3,6,13H2,1H3,(H,14,15). The van der Waals surface area contributed by atoms with Gasteiger partial charge in [-0.1, -0.05) is 6.07 Å². The minimum absolute atomic E-state index is 0.102. The summed E-state index contributed by atoms with van der Waals surface area (Å²) in [6.07, 6.45) is 1.42. The van der Waals surface area contributed by atoms with Crippen LogP contribution >= 0.6 is 0 Å². The second-order valence-corrected chi connectivity index (χ2v) is 4.08. The molecule has 1 aliphatic heterocycles. The monoisotopic (exact) mass is 220 g/mol. The number of aryl methyl sites for hydroxylation is 1. The molecule has 4 heteroatoms. The van der Waals surface area contributed by atoms with Gasteiger partial charge in [-0.25, -0.2) is 0 Å². The molecule has 4 nitrogen and oxygen atoms in total. The largest absolute Gasteiger partial charge is 0.397 e. The molecule has 1 aliphatic rings. The van der Waals surface area contributed by atoms with Crippen molar-refractivity contribution in [1.29, 1.82) is 0 Å². The zero-order valence-electron chi connectivity index (χ0n) is 9.32. The number of hydrogen-bond donors (Lipinski definition) is 2. The quantitative estimate of drug-likeness (QED) is 0.745. The first-order valence-electron chi connectivity index (χ1n) is 5.45. The third-order valence-corrected chi connectivity index (χ3v) is 2.69. The number of nitrogen functional groups attached to an aromatic ring is 1. The van der Waals surface area contributed by atoms with E-state index in [4.69, 9.17) is 10.5 Å². The van der Waals surface area contributed by atoms with Gasteiger partial charge in [-0.15, -0.1) is 0 Å². The van der Waals surface area contributed by atoms with Crippen LogP contribution in [0.5, 0.6) is 0 Å². The summed E-state index contributed by atoms with van der Waals surface area (Å²) in [4.78, 5) is 11.8. The van der Waals surface area contributed by atoms with Crippen molar-refractivity contribution in [2.75, 3.05) is 17.7 Å². The molecule has 1 aromatic rings. The van der Waals surface area contributed by atoms with Crippen molar-refractivity contribution in [2.45, 2.75) is 25.9 Å². The summed E-state index contributed by atoms with van der Waals surface area (Å²) in [5.41, 5.74) is 8.10. The first-order valence-corrected chi connectivity index (χ1v) is 5.45.